The number of aryl methyl sites for hydroxylation is 1. The highest BCUT2D eigenvalue weighted by atomic mass is 16.5. The standard InChI is InChI=1S/C27H23N3O5/c1-17-7-11-19(12-8-17)28-23(31)16-29-24-21-5-3-4-6-22(21)35-25(24)26(32)30(27(29)33)15-18-9-13-20(34-2)14-10-18/h3-14H,15-16H2,1-2H3,(H,28,31). The number of benzene rings is 3. The van der Waals surface area contributed by atoms with Gasteiger partial charge in [0.2, 0.25) is 11.5 Å². The van der Waals surface area contributed by atoms with Crippen molar-refractivity contribution in [3.8, 4) is 5.75 Å². The fourth-order valence-corrected chi connectivity index (χ4v) is 4.08. The molecule has 0 spiro atoms. The maximum Gasteiger partial charge on any atom is 0.332 e. The van der Waals surface area contributed by atoms with Crippen molar-refractivity contribution in [3.63, 3.8) is 0 Å². The molecule has 0 aliphatic carbocycles. The number of methoxy groups -OCH3 is 1. The van der Waals surface area contributed by atoms with E-state index in [1.807, 2.05) is 19.1 Å². The van der Waals surface area contributed by atoms with Crippen molar-refractivity contribution < 1.29 is 13.9 Å². The van der Waals surface area contributed by atoms with Gasteiger partial charge in [-0.25, -0.2) is 4.79 Å². The summed E-state index contributed by atoms with van der Waals surface area (Å²) in [6.45, 7) is 1.70. The summed E-state index contributed by atoms with van der Waals surface area (Å²) in [5.41, 5.74) is 2.08. The van der Waals surface area contributed by atoms with E-state index in [-0.39, 0.29) is 18.7 Å². The maximum absolute atomic E-state index is 13.6. The Morgan fingerprint density at radius 1 is 0.943 bits per heavy atom. The number of ether oxygens (including phenoxy) is 1. The number of rotatable bonds is 6. The minimum Gasteiger partial charge on any atom is -0.497 e. The van der Waals surface area contributed by atoms with E-state index in [0.717, 1.165) is 15.7 Å². The molecule has 35 heavy (non-hydrogen) atoms. The van der Waals surface area contributed by atoms with E-state index < -0.39 is 17.2 Å². The molecule has 0 saturated heterocycles. The molecule has 0 unspecified atom stereocenters. The van der Waals surface area contributed by atoms with Gasteiger partial charge in [0.15, 0.2) is 0 Å². The SMILES string of the molecule is COc1ccc(Cn2c(=O)c3oc4ccccc4c3n(CC(=O)Nc3ccc(C)cc3)c2=O)cc1. The zero-order valence-corrected chi connectivity index (χ0v) is 19.3. The van der Waals surface area contributed by atoms with Crippen molar-refractivity contribution >= 4 is 33.7 Å². The van der Waals surface area contributed by atoms with Crippen LogP contribution in [0.1, 0.15) is 11.1 Å². The molecule has 0 atom stereocenters. The Balaban J connectivity index is 1.62. The fraction of sp³-hybridized carbons (Fsp3) is 0.148. The van der Waals surface area contributed by atoms with Crippen LogP contribution in [-0.2, 0) is 17.9 Å². The van der Waals surface area contributed by atoms with Crippen LogP contribution in [0.25, 0.3) is 22.1 Å². The van der Waals surface area contributed by atoms with Crippen molar-refractivity contribution in [1.29, 1.82) is 0 Å². The fourth-order valence-electron chi connectivity index (χ4n) is 4.08. The molecule has 0 saturated carbocycles. The first-order valence-electron chi connectivity index (χ1n) is 11.1. The molecule has 2 heterocycles. The van der Waals surface area contributed by atoms with Crippen LogP contribution in [-0.4, -0.2) is 22.2 Å². The lowest BCUT2D eigenvalue weighted by Gasteiger charge is -2.13. The number of nitrogens with one attached hydrogen (secondary N) is 1. The van der Waals surface area contributed by atoms with Crippen molar-refractivity contribution in [3.05, 3.63) is 105 Å². The van der Waals surface area contributed by atoms with Gasteiger partial charge in [-0.15, -0.1) is 0 Å². The lowest BCUT2D eigenvalue weighted by Crippen LogP contribution is -2.41. The number of hydrogen-bond donors (Lipinski definition) is 1. The summed E-state index contributed by atoms with van der Waals surface area (Å²) in [4.78, 5) is 39.9. The molecular weight excluding hydrogens is 446 g/mol. The Hall–Kier alpha value is -4.59. The lowest BCUT2D eigenvalue weighted by molar-refractivity contribution is -0.116. The summed E-state index contributed by atoms with van der Waals surface area (Å²) in [5.74, 6) is 0.274. The van der Waals surface area contributed by atoms with Gasteiger partial charge in [0, 0.05) is 11.1 Å². The van der Waals surface area contributed by atoms with E-state index in [0.29, 0.717) is 27.9 Å². The van der Waals surface area contributed by atoms with Gasteiger partial charge in [-0.2, -0.15) is 0 Å². The minimum atomic E-state index is -0.594. The van der Waals surface area contributed by atoms with Gasteiger partial charge >= 0.3 is 5.69 Å². The molecule has 2 aromatic heterocycles. The first kappa shape index (κ1) is 22.2. The summed E-state index contributed by atoms with van der Waals surface area (Å²) in [7, 11) is 1.56. The monoisotopic (exact) mass is 469 g/mol. The number of aromatic nitrogens is 2. The van der Waals surface area contributed by atoms with Crippen LogP contribution in [0.3, 0.4) is 0 Å². The Labute approximate surface area is 200 Å². The van der Waals surface area contributed by atoms with E-state index in [1.165, 1.54) is 4.57 Å². The van der Waals surface area contributed by atoms with E-state index in [9.17, 15) is 14.4 Å². The second kappa shape index (κ2) is 8.98. The third-order valence-electron chi connectivity index (χ3n) is 5.88. The highest BCUT2D eigenvalue weighted by molar-refractivity contribution is 6.03. The van der Waals surface area contributed by atoms with Crippen LogP contribution < -0.4 is 21.3 Å². The van der Waals surface area contributed by atoms with E-state index in [2.05, 4.69) is 5.32 Å². The van der Waals surface area contributed by atoms with Crippen LogP contribution in [0, 0.1) is 6.92 Å². The van der Waals surface area contributed by atoms with Crippen molar-refractivity contribution in [2.45, 2.75) is 20.0 Å². The Morgan fingerprint density at radius 2 is 1.66 bits per heavy atom. The van der Waals surface area contributed by atoms with Gasteiger partial charge in [0.1, 0.15) is 23.4 Å². The van der Waals surface area contributed by atoms with E-state index in [4.69, 9.17) is 9.15 Å². The van der Waals surface area contributed by atoms with Crippen molar-refractivity contribution in [2.24, 2.45) is 0 Å². The van der Waals surface area contributed by atoms with Gasteiger partial charge in [0.05, 0.1) is 13.7 Å². The van der Waals surface area contributed by atoms with Gasteiger partial charge in [-0.3, -0.25) is 18.7 Å². The Morgan fingerprint density at radius 3 is 2.37 bits per heavy atom. The number of hydrogen-bond acceptors (Lipinski definition) is 5. The average molecular weight is 469 g/mol. The number of furan rings is 1. The molecule has 0 fully saturated rings. The predicted octanol–water partition coefficient (Wildman–Crippen LogP) is 3.91. The molecule has 0 bridgehead atoms. The molecule has 0 radical (unpaired) electrons. The normalized spacial score (nSPS) is 11.1. The zero-order chi connectivity index (χ0) is 24.5. The van der Waals surface area contributed by atoms with Crippen molar-refractivity contribution in [2.75, 3.05) is 12.4 Å². The maximum atomic E-state index is 13.6. The molecule has 176 valence electrons. The second-order valence-corrected chi connectivity index (χ2v) is 8.30. The highest BCUT2D eigenvalue weighted by Gasteiger charge is 2.21. The number of fused-ring (bicyclic) bond motifs is 3. The number of nitrogens with zero attached hydrogens (tertiary/aromatic N) is 2. The molecule has 0 aliphatic heterocycles. The summed E-state index contributed by atoms with van der Waals surface area (Å²) < 4.78 is 13.4. The Bertz CT molecular complexity index is 1660. The number of carbonyl (C=O) groups is 1. The predicted molar refractivity (Wildman–Crippen MR) is 134 cm³/mol. The molecule has 3 aromatic carbocycles. The number of amides is 1. The van der Waals surface area contributed by atoms with Gasteiger partial charge in [0.25, 0.3) is 5.56 Å². The van der Waals surface area contributed by atoms with Crippen molar-refractivity contribution in [1.82, 2.24) is 9.13 Å². The van der Waals surface area contributed by atoms with Gasteiger partial charge < -0.3 is 14.5 Å². The molecule has 5 aromatic rings. The molecule has 8 nitrogen and oxygen atoms in total. The zero-order valence-electron chi connectivity index (χ0n) is 19.3. The molecule has 1 N–H and O–H groups in total. The largest absolute Gasteiger partial charge is 0.497 e. The van der Waals surface area contributed by atoms with Crippen LogP contribution in [0.5, 0.6) is 5.75 Å². The first-order chi connectivity index (χ1) is 16.9. The Kier molecular flexibility index (Phi) is 5.70. The molecular formula is C27H23N3O5. The first-order valence-corrected chi connectivity index (χ1v) is 11.1. The topological polar surface area (TPSA) is 95.5 Å². The van der Waals surface area contributed by atoms with Crippen LogP contribution in [0.2, 0.25) is 0 Å². The average Bonchev–Trinajstić information content (AvgIpc) is 3.26. The lowest BCUT2D eigenvalue weighted by atomic mass is 10.2. The quantitative estimate of drug-likeness (QED) is 0.407. The van der Waals surface area contributed by atoms with E-state index >= 15 is 0 Å². The van der Waals surface area contributed by atoms with E-state index in [1.54, 1.807) is 67.8 Å². The minimum absolute atomic E-state index is 0.0221. The number of anilines is 1. The third kappa shape index (κ3) is 4.21. The summed E-state index contributed by atoms with van der Waals surface area (Å²) >= 11 is 0. The van der Waals surface area contributed by atoms with Crippen LogP contribution in [0.15, 0.2) is 86.8 Å². The molecule has 1 amide bonds. The second-order valence-electron chi connectivity index (χ2n) is 8.30. The summed E-state index contributed by atoms with van der Waals surface area (Å²) in [6.07, 6.45) is 0. The molecule has 5 rings (SSSR count). The van der Waals surface area contributed by atoms with Gasteiger partial charge in [-0.1, -0.05) is 42.0 Å². The van der Waals surface area contributed by atoms with Crippen LogP contribution >= 0.6 is 0 Å². The summed E-state index contributed by atoms with van der Waals surface area (Å²) in [6, 6.07) is 21.5. The smallest absolute Gasteiger partial charge is 0.332 e. The molecule has 0 aliphatic rings. The van der Waals surface area contributed by atoms with Crippen LogP contribution in [0.4, 0.5) is 5.69 Å². The summed E-state index contributed by atoms with van der Waals surface area (Å²) in [5, 5.41) is 3.41. The number of para-hydroxylation sites is 1. The molecule has 8 heteroatoms. The number of carbonyl (C=O) groups excluding carboxylic acids is 1. The third-order valence-corrected chi connectivity index (χ3v) is 5.88. The highest BCUT2D eigenvalue weighted by Crippen LogP contribution is 2.25. The van der Waals surface area contributed by atoms with Gasteiger partial charge in [-0.05, 0) is 48.9 Å².